The van der Waals surface area contributed by atoms with E-state index in [-0.39, 0.29) is 28.3 Å². The second-order valence-electron chi connectivity index (χ2n) is 6.00. The highest BCUT2D eigenvalue weighted by Gasteiger charge is 2.22. The average Bonchev–Trinajstić information content (AvgIpc) is 2.72. The van der Waals surface area contributed by atoms with Crippen molar-refractivity contribution in [1.82, 2.24) is 9.88 Å². The second kappa shape index (κ2) is 9.45. The molecule has 0 atom stereocenters. The summed E-state index contributed by atoms with van der Waals surface area (Å²) in [4.78, 5) is 29.9. The third-order valence-electron chi connectivity index (χ3n) is 4.22. The molecule has 2 aromatic rings. The van der Waals surface area contributed by atoms with Gasteiger partial charge in [-0.15, -0.1) is 0 Å². The number of aromatic nitrogens is 1. The Morgan fingerprint density at radius 2 is 1.96 bits per heavy atom. The maximum atomic E-state index is 12.6. The molecule has 28 heavy (non-hydrogen) atoms. The van der Waals surface area contributed by atoms with Crippen LogP contribution in [0, 0.1) is 0 Å². The predicted octanol–water partition coefficient (Wildman–Crippen LogP) is 3.87. The van der Waals surface area contributed by atoms with E-state index in [1.807, 2.05) is 36.4 Å². The van der Waals surface area contributed by atoms with Crippen LogP contribution >= 0.6 is 11.8 Å². The minimum absolute atomic E-state index is 0.0782. The maximum absolute atomic E-state index is 12.6. The fourth-order valence-electron chi connectivity index (χ4n) is 2.83. The summed E-state index contributed by atoms with van der Waals surface area (Å²) in [5.74, 6) is -3.88. The molecule has 0 saturated carbocycles. The van der Waals surface area contributed by atoms with Crippen molar-refractivity contribution in [2.75, 3.05) is 19.7 Å². The van der Waals surface area contributed by atoms with E-state index >= 15 is 0 Å². The van der Waals surface area contributed by atoms with Crippen LogP contribution in [0.4, 0.5) is 8.78 Å². The molecule has 5 nitrogen and oxygen atoms in total. The highest BCUT2D eigenvalue weighted by atomic mass is 32.2. The summed E-state index contributed by atoms with van der Waals surface area (Å²) in [6.07, 6.45) is 4.01. The molecule has 0 saturated heterocycles. The number of carbonyl (C=O) groups is 2. The molecule has 1 aliphatic rings. The summed E-state index contributed by atoms with van der Waals surface area (Å²) in [7, 11) is 0. The molecule has 1 aliphatic heterocycles. The van der Waals surface area contributed by atoms with Crippen LogP contribution in [0.5, 0.6) is 0 Å². The van der Waals surface area contributed by atoms with Crippen LogP contribution in [0.2, 0.25) is 0 Å². The third-order valence-corrected chi connectivity index (χ3v) is 4.95. The molecule has 0 radical (unpaired) electrons. The highest BCUT2D eigenvalue weighted by Crippen LogP contribution is 2.27. The third kappa shape index (κ3) is 5.16. The largest absolute Gasteiger partial charge is 0.452 e. The molecule has 1 aromatic carbocycles. The molecule has 3 rings (SSSR count). The fourth-order valence-corrected chi connectivity index (χ4v) is 3.40. The molecule has 0 fully saturated rings. The van der Waals surface area contributed by atoms with E-state index < -0.39 is 18.3 Å². The number of halogens is 2. The number of nitrogens with zero attached hydrogens (tertiary/aromatic N) is 2. The summed E-state index contributed by atoms with van der Waals surface area (Å²) in [5.41, 5.74) is 2.22. The smallest absolute Gasteiger partial charge is 0.341 e. The Morgan fingerprint density at radius 1 is 1.18 bits per heavy atom. The van der Waals surface area contributed by atoms with Crippen LogP contribution in [-0.2, 0) is 9.53 Å². The van der Waals surface area contributed by atoms with E-state index in [1.165, 1.54) is 23.9 Å². The van der Waals surface area contributed by atoms with E-state index in [9.17, 15) is 18.4 Å². The normalized spacial score (nSPS) is 14.0. The lowest BCUT2D eigenvalue weighted by atomic mass is 10.00. The van der Waals surface area contributed by atoms with Crippen molar-refractivity contribution in [3.63, 3.8) is 0 Å². The zero-order valence-corrected chi connectivity index (χ0v) is 15.7. The fraction of sp³-hybridized carbons (Fsp3) is 0.250. The van der Waals surface area contributed by atoms with Crippen molar-refractivity contribution in [2.24, 2.45) is 0 Å². The van der Waals surface area contributed by atoms with Crippen LogP contribution < -0.4 is 0 Å². The number of esters is 1. The zero-order valence-electron chi connectivity index (χ0n) is 14.9. The molecule has 146 valence electrons. The lowest BCUT2D eigenvalue weighted by Gasteiger charge is -2.26. The van der Waals surface area contributed by atoms with Gasteiger partial charge in [0.1, 0.15) is 5.03 Å². The number of rotatable bonds is 6. The summed E-state index contributed by atoms with van der Waals surface area (Å²) in [5, 5.41) is -0.122. The van der Waals surface area contributed by atoms with E-state index in [1.54, 1.807) is 4.90 Å². The number of hydrogen-bond donors (Lipinski definition) is 0. The van der Waals surface area contributed by atoms with E-state index in [4.69, 9.17) is 4.74 Å². The summed E-state index contributed by atoms with van der Waals surface area (Å²) < 4.78 is 30.2. The topological polar surface area (TPSA) is 59.5 Å². The molecule has 8 heteroatoms. The van der Waals surface area contributed by atoms with Crippen LogP contribution in [0.1, 0.15) is 22.3 Å². The van der Waals surface area contributed by atoms with Gasteiger partial charge in [-0.3, -0.25) is 4.79 Å². The molecule has 1 aromatic heterocycles. The van der Waals surface area contributed by atoms with Gasteiger partial charge in [0, 0.05) is 19.3 Å². The van der Waals surface area contributed by atoms with Gasteiger partial charge in [-0.1, -0.05) is 36.4 Å². The number of benzene rings is 1. The first-order valence-electron chi connectivity index (χ1n) is 8.64. The second-order valence-corrected chi connectivity index (χ2v) is 6.97. The van der Waals surface area contributed by atoms with Gasteiger partial charge in [-0.2, -0.15) is 8.78 Å². The van der Waals surface area contributed by atoms with Crippen molar-refractivity contribution in [3.05, 3.63) is 65.9 Å². The van der Waals surface area contributed by atoms with Crippen molar-refractivity contribution in [3.8, 4) is 0 Å². The Bertz CT molecular complexity index is 875. The molecule has 0 bridgehead atoms. The standard InChI is InChI=1S/C20H18F2N2O3S/c21-20(22)28-18-16(7-4-10-23-18)19(26)27-13-17(25)24-11-8-15(9-12-24)14-5-2-1-3-6-14/h1-8,10,20H,9,11-13H2. The Balaban J connectivity index is 1.55. The van der Waals surface area contributed by atoms with Crippen LogP contribution in [-0.4, -0.2) is 47.2 Å². The zero-order chi connectivity index (χ0) is 19.9. The van der Waals surface area contributed by atoms with Crippen molar-refractivity contribution in [2.45, 2.75) is 17.2 Å². The Morgan fingerprint density at radius 3 is 2.64 bits per heavy atom. The van der Waals surface area contributed by atoms with Gasteiger partial charge >= 0.3 is 5.97 Å². The SMILES string of the molecule is O=C(OCC(=O)N1CC=C(c2ccccc2)CC1)c1cccnc1SC(F)F. The first-order chi connectivity index (χ1) is 13.5. The number of pyridine rings is 1. The number of ether oxygens (including phenoxy) is 1. The Labute approximate surface area is 165 Å². The van der Waals surface area contributed by atoms with Gasteiger partial charge in [-0.05, 0) is 41.5 Å². The molecule has 2 heterocycles. The number of thioether (sulfide) groups is 1. The first-order valence-corrected chi connectivity index (χ1v) is 9.51. The Hall–Kier alpha value is -2.74. The van der Waals surface area contributed by atoms with Gasteiger partial charge in [-0.25, -0.2) is 9.78 Å². The first kappa shape index (κ1) is 20.0. The van der Waals surface area contributed by atoms with Crippen LogP contribution in [0.3, 0.4) is 0 Å². The van der Waals surface area contributed by atoms with E-state index in [0.717, 1.165) is 5.56 Å². The monoisotopic (exact) mass is 404 g/mol. The number of amides is 1. The number of alkyl halides is 2. The molecular weight excluding hydrogens is 386 g/mol. The quantitative estimate of drug-likeness (QED) is 0.540. The van der Waals surface area contributed by atoms with E-state index in [0.29, 0.717) is 19.5 Å². The average molecular weight is 404 g/mol. The van der Waals surface area contributed by atoms with Crippen molar-refractivity contribution < 1.29 is 23.1 Å². The lowest BCUT2D eigenvalue weighted by Crippen LogP contribution is -2.37. The summed E-state index contributed by atoms with van der Waals surface area (Å²) in [6, 6.07) is 12.7. The molecular formula is C20H18F2N2O3S. The highest BCUT2D eigenvalue weighted by molar-refractivity contribution is 7.99. The van der Waals surface area contributed by atoms with Gasteiger partial charge in [0.25, 0.3) is 11.7 Å². The number of carbonyl (C=O) groups excluding carboxylic acids is 2. The minimum Gasteiger partial charge on any atom is -0.452 e. The van der Waals surface area contributed by atoms with Crippen LogP contribution in [0.25, 0.3) is 5.57 Å². The minimum atomic E-state index is -2.71. The molecule has 0 spiro atoms. The molecule has 0 aliphatic carbocycles. The van der Waals surface area contributed by atoms with Gasteiger partial charge < -0.3 is 9.64 Å². The predicted molar refractivity (Wildman–Crippen MR) is 102 cm³/mol. The van der Waals surface area contributed by atoms with Gasteiger partial charge in [0.15, 0.2) is 6.61 Å². The summed E-state index contributed by atoms with van der Waals surface area (Å²) >= 11 is 0.165. The Kier molecular flexibility index (Phi) is 6.76. The number of hydrogen-bond acceptors (Lipinski definition) is 5. The van der Waals surface area contributed by atoms with Crippen molar-refractivity contribution in [1.29, 1.82) is 0 Å². The van der Waals surface area contributed by atoms with Crippen LogP contribution in [0.15, 0.2) is 59.8 Å². The van der Waals surface area contributed by atoms with Gasteiger partial charge in [0.05, 0.1) is 5.56 Å². The maximum Gasteiger partial charge on any atom is 0.341 e. The van der Waals surface area contributed by atoms with Gasteiger partial charge in [0.2, 0.25) is 0 Å². The molecule has 0 unspecified atom stereocenters. The molecule has 1 amide bonds. The lowest BCUT2D eigenvalue weighted by molar-refractivity contribution is -0.134. The van der Waals surface area contributed by atoms with Crippen molar-refractivity contribution >= 4 is 29.2 Å². The summed E-state index contributed by atoms with van der Waals surface area (Å²) in [6.45, 7) is 0.511. The van der Waals surface area contributed by atoms with E-state index in [2.05, 4.69) is 4.98 Å². The molecule has 0 N–H and O–H groups in total.